The summed E-state index contributed by atoms with van der Waals surface area (Å²) in [6.07, 6.45) is 0.548. The highest BCUT2D eigenvalue weighted by Gasteiger charge is 2.45. The van der Waals surface area contributed by atoms with Crippen LogP contribution in [0.15, 0.2) is 48.5 Å². The number of hydrogen-bond acceptors (Lipinski definition) is 4. The van der Waals surface area contributed by atoms with Crippen molar-refractivity contribution in [3.63, 3.8) is 0 Å². The fourth-order valence-corrected chi connectivity index (χ4v) is 4.64. The smallest absolute Gasteiger partial charge is 0.407 e. The van der Waals surface area contributed by atoms with E-state index in [9.17, 15) is 19.5 Å². The molecule has 1 saturated heterocycles. The van der Waals surface area contributed by atoms with Gasteiger partial charge in [-0.2, -0.15) is 0 Å². The van der Waals surface area contributed by atoms with Crippen LogP contribution in [0.1, 0.15) is 43.2 Å². The SMILES string of the molecule is C[C@]1(C(=O)O)CCCN1C(=O)CCNC(=O)OCC1c2ccccc2-c2ccccc21. The Morgan fingerprint density at radius 2 is 1.71 bits per heavy atom. The lowest BCUT2D eigenvalue weighted by Crippen LogP contribution is -2.51. The molecule has 7 heteroatoms. The third-order valence-corrected chi connectivity index (χ3v) is 6.35. The largest absolute Gasteiger partial charge is 0.480 e. The molecule has 0 saturated carbocycles. The maximum absolute atomic E-state index is 12.5. The molecule has 0 spiro atoms. The molecule has 2 amide bonds. The van der Waals surface area contributed by atoms with E-state index in [1.807, 2.05) is 24.3 Å². The highest BCUT2D eigenvalue weighted by Crippen LogP contribution is 2.44. The Balaban J connectivity index is 1.30. The molecule has 2 aromatic carbocycles. The third-order valence-electron chi connectivity index (χ3n) is 6.35. The van der Waals surface area contributed by atoms with Gasteiger partial charge < -0.3 is 20.1 Å². The highest BCUT2D eigenvalue weighted by molar-refractivity contribution is 5.87. The standard InChI is InChI=1S/C24H26N2O5/c1-24(22(28)29)12-6-14-26(24)21(27)11-13-25-23(30)31-15-20-18-9-4-2-7-16(18)17-8-3-5-10-19(17)20/h2-5,7-10,20H,6,11-15H2,1H3,(H,25,30)(H,28,29)/t24-/m1/s1. The summed E-state index contributed by atoms with van der Waals surface area (Å²) in [7, 11) is 0. The van der Waals surface area contributed by atoms with E-state index in [0.717, 1.165) is 22.3 Å². The molecule has 7 nitrogen and oxygen atoms in total. The molecule has 2 N–H and O–H groups in total. The molecule has 1 fully saturated rings. The Bertz CT molecular complexity index is 975. The average Bonchev–Trinajstić information content (AvgIpc) is 3.31. The monoisotopic (exact) mass is 422 g/mol. The summed E-state index contributed by atoms with van der Waals surface area (Å²) in [6, 6.07) is 16.2. The molecule has 0 unspecified atom stereocenters. The second-order valence-corrected chi connectivity index (χ2v) is 8.23. The van der Waals surface area contributed by atoms with E-state index >= 15 is 0 Å². The molecule has 1 heterocycles. The number of amides is 2. The molecule has 0 aromatic heterocycles. The Kier molecular flexibility index (Phi) is 5.67. The predicted octanol–water partition coefficient (Wildman–Crippen LogP) is 3.38. The fourth-order valence-electron chi connectivity index (χ4n) is 4.64. The number of rotatable bonds is 6. The van der Waals surface area contributed by atoms with Gasteiger partial charge in [0.05, 0.1) is 0 Å². The second-order valence-electron chi connectivity index (χ2n) is 8.23. The molecule has 1 atom stereocenters. The molecular formula is C24H26N2O5. The first-order chi connectivity index (χ1) is 14.9. The molecule has 1 aliphatic carbocycles. The minimum atomic E-state index is -1.17. The Labute approximate surface area is 181 Å². The molecule has 162 valence electrons. The lowest BCUT2D eigenvalue weighted by Gasteiger charge is -2.31. The number of carbonyl (C=O) groups is 3. The number of carboxylic acids is 1. The number of fused-ring (bicyclic) bond motifs is 3. The molecule has 2 aromatic rings. The number of nitrogens with one attached hydrogen (secondary N) is 1. The van der Waals surface area contributed by atoms with Crippen molar-refractivity contribution in [3.05, 3.63) is 59.7 Å². The maximum atomic E-state index is 12.5. The van der Waals surface area contributed by atoms with Gasteiger partial charge in [-0.1, -0.05) is 48.5 Å². The van der Waals surface area contributed by atoms with E-state index in [1.165, 1.54) is 4.90 Å². The summed E-state index contributed by atoms with van der Waals surface area (Å²) in [4.78, 5) is 37.6. The van der Waals surface area contributed by atoms with Crippen molar-refractivity contribution >= 4 is 18.0 Å². The van der Waals surface area contributed by atoms with Gasteiger partial charge in [-0.05, 0) is 42.0 Å². The predicted molar refractivity (Wildman–Crippen MR) is 115 cm³/mol. The van der Waals surface area contributed by atoms with Crippen molar-refractivity contribution in [2.45, 2.75) is 37.6 Å². The first kappa shape index (κ1) is 20.9. The molecular weight excluding hydrogens is 396 g/mol. The van der Waals surface area contributed by atoms with Crippen LogP contribution in [0.25, 0.3) is 11.1 Å². The van der Waals surface area contributed by atoms with Crippen molar-refractivity contribution in [2.24, 2.45) is 0 Å². The Hall–Kier alpha value is -3.35. The minimum absolute atomic E-state index is 0.0272. The van der Waals surface area contributed by atoms with Crippen LogP contribution in [0.2, 0.25) is 0 Å². The minimum Gasteiger partial charge on any atom is -0.480 e. The highest BCUT2D eigenvalue weighted by atomic mass is 16.5. The summed E-state index contributed by atoms with van der Waals surface area (Å²) >= 11 is 0. The molecule has 1 aliphatic heterocycles. The summed E-state index contributed by atoms with van der Waals surface area (Å²) in [6.45, 7) is 2.30. The second kappa shape index (κ2) is 8.41. The number of likely N-dealkylation sites (tertiary alicyclic amines) is 1. The van der Waals surface area contributed by atoms with Crippen LogP contribution in [0, 0.1) is 0 Å². The third kappa shape index (κ3) is 3.87. The first-order valence-electron chi connectivity index (χ1n) is 10.5. The van der Waals surface area contributed by atoms with E-state index in [0.29, 0.717) is 19.4 Å². The van der Waals surface area contributed by atoms with Crippen LogP contribution < -0.4 is 5.32 Å². The number of benzene rings is 2. The Morgan fingerprint density at radius 3 is 2.32 bits per heavy atom. The van der Waals surface area contributed by atoms with Gasteiger partial charge in [0.1, 0.15) is 12.1 Å². The fraction of sp³-hybridized carbons (Fsp3) is 0.375. The van der Waals surface area contributed by atoms with Gasteiger partial charge in [-0.25, -0.2) is 9.59 Å². The maximum Gasteiger partial charge on any atom is 0.407 e. The molecule has 0 bridgehead atoms. The summed E-state index contributed by atoms with van der Waals surface area (Å²) in [5, 5.41) is 12.0. The van der Waals surface area contributed by atoms with E-state index in [-0.39, 0.29) is 31.4 Å². The zero-order valence-electron chi connectivity index (χ0n) is 17.5. The van der Waals surface area contributed by atoms with Gasteiger partial charge in [0, 0.05) is 25.4 Å². The van der Waals surface area contributed by atoms with Crippen molar-refractivity contribution in [1.29, 1.82) is 0 Å². The van der Waals surface area contributed by atoms with E-state index < -0.39 is 17.6 Å². The van der Waals surface area contributed by atoms with Crippen LogP contribution in [-0.2, 0) is 14.3 Å². The van der Waals surface area contributed by atoms with Gasteiger partial charge in [-0.3, -0.25) is 4.79 Å². The van der Waals surface area contributed by atoms with E-state index in [2.05, 4.69) is 29.6 Å². The van der Waals surface area contributed by atoms with Crippen LogP contribution in [0.4, 0.5) is 4.79 Å². The van der Waals surface area contributed by atoms with Crippen molar-refractivity contribution in [2.75, 3.05) is 19.7 Å². The number of hydrogen-bond donors (Lipinski definition) is 2. The van der Waals surface area contributed by atoms with Crippen LogP contribution >= 0.6 is 0 Å². The van der Waals surface area contributed by atoms with E-state index in [4.69, 9.17) is 4.74 Å². The lowest BCUT2D eigenvalue weighted by molar-refractivity contribution is -0.155. The topological polar surface area (TPSA) is 95.9 Å². The number of aliphatic carboxylic acids is 1. The number of ether oxygens (including phenoxy) is 1. The van der Waals surface area contributed by atoms with Crippen molar-refractivity contribution < 1.29 is 24.2 Å². The quantitative estimate of drug-likeness (QED) is 0.744. The zero-order chi connectivity index (χ0) is 22.0. The summed E-state index contributed by atoms with van der Waals surface area (Å²) in [5.74, 6) is -1.30. The molecule has 31 heavy (non-hydrogen) atoms. The van der Waals surface area contributed by atoms with Crippen LogP contribution in [0.5, 0.6) is 0 Å². The summed E-state index contributed by atoms with van der Waals surface area (Å²) in [5.41, 5.74) is 3.41. The van der Waals surface area contributed by atoms with Gasteiger partial charge in [-0.15, -0.1) is 0 Å². The zero-order valence-corrected chi connectivity index (χ0v) is 17.5. The summed E-state index contributed by atoms with van der Waals surface area (Å²) < 4.78 is 5.46. The normalized spacial score (nSPS) is 19.6. The number of carbonyl (C=O) groups excluding carboxylic acids is 2. The average molecular weight is 422 g/mol. The molecule has 4 rings (SSSR count). The van der Waals surface area contributed by atoms with Crippen molar-refractivity contribution in [1.82, 2.24) is 10.2 Å². The lowest BCUT2D eigenvalue weighted by atomic mass is 9.98. The van der Waals surface area contributed by atoms with Gasteiger partial charge >= 0.3 is 12.1 Å². The van der Waals surface area contributed by atoms with Gasteiger partial charge in [0.2, 0.25) is 5.91 Å². The van der Waals surface area contributed by atoms with E-state index in [1.54, 1.807) is 6.92 Å². The molecule has 2 aliphatic rings. The number of carboxylic acid groups (broad SMARTS) is 1. The number of nitrogens with zero attached hydrogens (tertiary/aromatic N) is 1. The van der Waals surface area contributed by atoms with Gasteiger partial charge in [0.25, 0.3) is 0 Å². The van der Waals surface area contributed by atoms with Crippen LogP contribution in [0.3, 0.4) is 0 Å². The Morgan fingerprint density at radius 1 is 1.10 bits per heavy atom. The first-order valence-corrected chi connectivity index (χ1v) is 10.5. The molecule has 0 radical (unpaired) electrons. The van der Waals surface area contributed by atoms with Gasteiger partial charge in [0.15, 0.2) is 0 Å². The van der Waals surface area contributed by atoms with Crippen LogP contribution in [-0.4, -0.2) is 53.2 Å². The number of alkyl carbamates (subject to hydrolysis) is 1. The van der Waals surface area contributed by atoms with Crippen molar-refractivity contribution in [3.8, 4) is 11.1 Å².